The number of carboxylic acid groups (broad SMARTS) is 1. The number of halogens is 1. The summed E-state index contributed by atoms with van der Waals surface area (Å²) in [5.41, 5.74) is 4.77. The lowest BCUT2D eigenvalue weighted by atomic mass is 9.86. The smallest absolute Gasteiger partial charge is 0.305 e. The van der Waals surface area contributed by atoms with Crippen LogP contribution in [0.2, 0.25) is 0 Å². The Morgan fingerprint density at radius 2 is 1.72 bits per heavy atom. The lowest BCUT2D eigenvalue weighted by Gasteiger charge is -2.36. The Kier molecular flexibility index (Phi) is 8.65. The number of aliphatic carboxylic acids is 1. The molecule has 1 aliphatic heterocycles. The average Bonchev–Trinajstić information content (AvgIpc) is 3.45. The van der Waals surface area contributed by atoms with Gasteiger partial charge in [0.25, 0.3) is 0 Å². The number of benzene rings is 3. The molecule has 11 nitrogen and oxygen atoms in total. The zero-order valence-electron chi connectivity index (χ0n) is 24.1. The molecule has 2 N–H and O–H groups in total. The number of piperazine rings is 1. The third-order valence-corrected chi connectivity index (χ3v) is 7.93. The van der Waals surface area contributed by atoms with Crippen molar-refractivity contribution in [1.29, 1.82) is 0 Å². The number of ether oxygens (including phenoxy) is 3. The number of aromatic nitrogens is 1. The second-order valence-corrected chi connectivity index (χ2v) is 10.3. The van der Waals surface area contributed by atoms with Crippen LogP contribution >= 0.6 is 12.4 Å². The summed E-state index contributed by atoms with van der Waals surface area (Å²) in [7, 11) is 4.82. The number of nitrogens with zero attached hydrogens (tertiary/aromatic N) is 3. The number of carboxylic acids is 1. The Hall–Kier alpha value is -4.48. The number of hydrogen-bond acceptors (Lipinski definition) is 10. The lowest BCUT2D eigenvalue weighted by Crippen LogP contribution is -2.46. The Labute approximate surface area is 254 Å². The van der Waals surface area contributed by atoms with E-state index in [4.69, 9.17) is 18.7 Å². The lowest BCUT2D eigenvalue weighted by molar-refractivity contribution is -0.136. The van der Waals surface area contributed by atoms with Gasteiger partial charge in [0, 0.05) is 61.6 Å². The number of carbonyl (C=O) groups excluding carboxylic acids is 1. The van der Waals surface area contributed by atoms with Crippen molar-refractivity contribution in [2.24, 2.45) is 0 Å². The summed E-state index contributed by atoms with van der Waals surface area (Å²) in [6, 6.07) is 13.1. The second-order valence-electron chi connectivity index (χ2n) is 10.3. The molecule has 1 fully saturated rings. The van der Waals surface area contributed by atoms with Crippen molar-refractivity contribution in [3.05, 3.63) is 59.2 Å². The van der Waals surface area contributed by atoms with Gasteiger partial charge in [-0.1, -0.05) is 35.5 Å². The molecule has 2 heterocycles. The molecule has 0 bridgehead atoms. The Morgan fingerprint density at radius 1 is 1.00 bits per heavy atom. The predicted molar refractivity (Wildman–Crippen MR) is 164 cm³/mol. The summed E-state index contributed by atoms with van der Waals surface area (Å²) < 4.78 is 22.5. The fourth-order valence-corrected chi connectivity index (χ4v) is 5.90. The maximum Gasteiger partial charge on any atom is 0.305 e. The van der Waals surface area contributed by atoms with E-state index in [0.29, 0.717) is 75.9 Å². The molecule has 0 unspecified atom stereocenters. The van der Waals surface area contributed by atoms with E-state index in [9.17, 15) is 14.7 Å². The summed E-state index contributed by atoms with van der Waals surface area (Å²) in [6.45, 7) is 3.83. The van der Waals surface area contributed by atoms with Gasteiger partial charge >= 0.3 is 5.97 Å². The first-order chi connectivity index (χ1) is 20.4. The van der Waals surface area contributed by atoms with E-state index in [2.05, 4.69) is 20.3 Å². The summed E-state index contributed by atoms with van der Waals surface area (Å²) in [6.07, 6.45) is -0.0770. The highest BCUT2D eigenvalue weighted by Crippen LogP contribution is 2.46. The molecule has 2 aliphatic rings. The van der Waals surface area contributed by atoms with Crippen LogP contribution in [0.5, 0.6) is 17.2 Å². The minimum absolute atomic E-state index is 0. The molecule has 1 saturated heterocycles. The van der Waals surface area contributed by atoms with Crippen molar-refractivity contribution in [3.8, 4) is 28.6 Å². The van der Waals surface area contributed by atoms with Crippen LogP contribution in [0.25, 0.3) is 22.2 Å². The molecule has 0 saturated carbocycles. The monoisotopic (exact) mass is 608 g/mol. The first-order valence-electron chi connectivity index (χ1n) is 13.8. The van der Waals surface area contributed by atoms with Gasteiger partial charge in [-0.05, 0) is 12.1 Å². The molecule has 0 atom stereocenters. The van der Waals surface area contributed by atoms with Crippen LogP contribution < -0.4 is 24.4 Å². The first-order valence-corrected chi connectivity index (χ1v) is 13.8. The normalized spacial score (nSPS) is 14.2. The Bertz CT molecular complexity index is 1680. The van der Waals surface area contributed by atoms with Crippen molar-refractivity contribution < 1.29 is 33.4 Å². The third-order valence-electron chi connectivity index (χ3n) is 7.93. The van der Waals surface area contributed by atoms with E-state index in [0.717, 1.165) is 24.3 Å². The van der Waals surface area contributed by atoms with E-state index in [1.807, 2.05) is 36.4 Å². The number of ketones is 1. The number of fused-ring (bicyclic) bond motifs is 2. The second kappa shape index (κ2) is 12.4. The quantitative estimate of drug-likeness (QED) is 0.229. The average molecular weight is 609 g/mol. The van der Waals surface area contributed by atoms with E-state index in [-0.39, 0.29) is 31.2 Å². The fourth-order valence-electron chi connectivity index (χ4n) is 5.90. The van der Waals surface area contributed by atoms with Gasteiger partial charge in [-0.3, -0.25) is 14.5 Å². The third kappa shape index (κ3) is 5.30. The van der Waals surface area contributed by atoms with Gasteiger partial charge in [-0.25, -0.2) is 0 Å². The van der Waals surface area contributed by atoms with E-state index in [1.54, 1.807) is 27.4 Å². The Morgan fingerprint density at radius 3 is 2.40 bits per heavy atom. The van der Waals surface area contributed by atoms with Gasteiger partial charge in [-0.15, -0.1) is 12.4 Å². The molecule has 1 aliphatic carbocycles. The van der Waals surface area contributed by atoms with Crippen LogP contribution in [0.15, 0.2) is 47.0 Å². The zero-order valence-corrected chi connectivity index (χ0v) is 25.0. The summed E-state index contributed by atoms with van der Waals surface area (Å²) in [5.74, 6) is 1.34. The molecule has 1 aromatic heterocycles. The molecule has 6 rings (SSSR count). The van der Waals surface area contributed by atoms with Crippen molar-refractivity contribution in [1.82, 2.24) is 10.1 Å². The minimum atomic E-state index is -0.915. The number of methoxy groups -OCH3 is 3. The molecule has 12 heteroatoms. The van der Waals surface area contributed by atoms with Crippen LogP contribution in [-0.2, 0) is 11.3 Å². The SMILES string of the molecule is COc1ccc(CN2CCN(c3cc(NCCC(=O)O)c4c5c(onc35)-c3ccccc3C4=O)CC2)c(OC)c1OC.Cl. The molecule has 4 aromatic rings. The van der Waals surface area contributed by atoms with Crippen molar-refractivity contribution in [3.63, 3.8) is 0 Å². The number of rotatable bonds is 10. The summed E-state index contributed by atoms with van der Waals surface area (Å²) in [5, 5.41) is 17.5. The highest BCUT2D eigenvalue weighted by atomic mass is 35.5. The minimum Gasteiger partial charge on any atom is -0.493 e. The molecule has 3 aromatic carbocycles. The zero-order chi connectivity index (χ0) is 29.4. The predicted octanol–water partition coefficient (Wildman–Crippen LogP) is 4.70. The summed E-state index contributed by atoms with van der Waals surface area (Å²) >= 11 is 0. The fraction of sp³-hybridized carbons (Fsp3) is 0.323. The standard InChI is InChI=1S/C31H32N4O7.ClH/c1-39-23-9-8-18(29(40-2)31(23)41-3)17-34-12-14-35(15-13-34)22-16-21(32-11-10-24(36)37)25-26-27(22)33-42-30(26)20-7-5-4-6-19(20)28(25)38;/h4-9,16,32H,10-15,17H2,1-3H3,(H,36,37);1H. The largest absolute Gasteiger partial charge is 0.493 e. The molecule has 0 spiro atoms. The van der Waals surface area contributed by atoms with Crippen LogP contribution in [0.3, 0.4) is 0 Å². The van der Waals surface area contributed by atoms with Crippen LogP contribution in [-0.4, -0.2) is 81.0 Å². The van der Waals surface area contributed by atoms with E-state index < -0.39 is 5.97 Å². The molecular weight excluding hydrogens is 576 g/mol. The topological polar surface area (TPSA) is 127 Å². The van der Waals surface area contributed by atoms with Crippen LogP contribution in [0, 0.1) is 0 Å². The van der Waals surface area contributed by atoms with Crippen molar-refractivity contribution in [2.75, 3.05) is 64.3 Å². The highest BCUT2D eigenvalue weighted by molar-refractivity contribution is 6.28. The molecular formula is C31H33ClN4O7. The highest BCUT2D eigenvalue weighted by Gasteiger charge is 2.34. The number of anilines is 2. The molecule has 0 amide bonds. The number of nitrogens with one attached hydrogen (secondary N) is 1. The van der Waals surface area contributed by atoms with E-state index >= 15 is 0 Å². The van der Waals surface area contributed by atoms with Gasteiger partial charge in [0.1, 0.15) is 5.52 Å². The molecule has 226 valence electrons. The van der Waals surface area contributed by atoms with Crippen molar-refractivity contribution >= 4 is 46.4 Å². The number of hydrogen-bond donors (Lipinski definition) is 2. The van der Waals surface area contributed by atoms with Crippen LogP contribution in [0.4, 0.5) is 11.4 Å². The van der Waals surface area contributed by atoms with Crippen LogP contribution in [0.1, 0.15) is 27.9 Å². The van der Waals surface area contributed by atoms with Crippen molar-refractivity contribution in [2.45, 2.75) is 13.0 Å². The summed E-state index contributed by atoms with van der Waals surface area (Å²) in [4.78, 5) is 29.5. The van der Waals surface area contributed by atoms with Gasteiger partial charge in [0.05, 0.1) is 44.4 Å². The van der Waals surface area contributed by atoms with Gasteiger partial charge in [0.15, 0.2) is 23.0 Å². The first kappa shape index (κ1) is 30.0. The molecule has 0 radical (unpaired) electrons. The van der Waals surface area contributed by atoms with Gasteiger partial charge < -0.3 is 34.1 Å². The van der Waals surface area contributed by atoms with Gasteiger partial charge in [0.2, 0.25) is 5.75 Å². The maximum absolute atomic E-state index is 13.7. The molecule has 43 heavy (non-hydrogen) atoms. The Balaban J connectivity index is 0.00000368. The maximum atomic E-state index is 13.7. The van der Waals surface area contributed by atoms with E-state index in [1.165, 1.54) is 0 Å². The van der Waals surface area contributed by atoms with Gasteiger partial charge in [-0.2, -0.15) is 0 Å². The number of carbonyl (C=O) groups is 2.